The second-order valence-corrected chi connectivity index (χ2v) is 6.46. The molecule has 19 heavy (non-hydrogen) atoms. The topological polar surface area (TPSA) is 49.4 Å². The first-order valence-corrected chi connectivity index (χ1v) is 7.56. The Hall–Kier alpha value is -1.06. The van der Waals surface area contributed by atoms with Crippen LogP contribution in [0.5, 0.6) is 0 Å². The van der Waals surface area contributed by atoms with Gasteiger partial charge in [0.2, 0.25) is 11.8 Å². The standard InChI is InChI=1S/C15H26N2O2/c1-5-13-15(19)17(11(4)14(18)16-13)12-7-9(2)6-10(3)8-12/h9-13H,5-8H2,1-4H3,(H,16,18). The van der Waals surface area contributed by atoms with Crippen molar-refractivity contribution in [2.45, 2.75) is 71.5 Å². The SMILES string of the molecule is CCC1NC(=O)C(C)N(C2CC(C)CC(C)C2)C1=O. The average molecular weight is 266 g/mol. The van der Waals surface area contributed by atoms with Crippen LogP contribution >= 0.6 is 0 Å². The molecule has 108 valence electrons. The van der Waals surface area contributed by atoms with Crippen molar-refractivity contribution < 1.29 is 9.59 Å². The number of rotatable bonds is 2. The fraction of sp³-hybridized carbons (Fsp3) is 0.867. The highest BCUT2D eigenvalue weighted by molar-refractivity contribution is 5.96. The van der Waals surface area contributed by atoms with Crippen LogP contribution in [0.25, 0.3) is 0 Å². The summed E-state index contributed by atoms with van der Waals surface area (Å²) >= 11 is 0. The molecular weight excluding hydrogens is 240 g/mol. The number of amides is 2. The third-order valence-electron chi connectivity index (χ3n) is 4.62. The summed E-state index contributed by atoms with van der Waals surface area (Å²) in [7, 11) is 0. The van der Waals surface area contributed by atoms with Gasteiger partial charge in [-0.3, -0.25) is 9.59 Å². The van der Waals surface area contributed by atoms with Crippen LogP contribution < -0.4 is 5.32 Å². The lowest BCUT2D eigenvalue weighted by atomic mass is 9.79. The minimum Gasteiger partial charge on any atom is -0.343 e. The first-order valence-electron chi connectivity index (χ1n) is 7.56. The minimum absolute atomic E-state index is 0.00247. The molecule has 0 aromatic rings. The van der Waals surface area contributed by atoms with E-state index in [2.05, 4.69) is 19.2 Å². The van der Waals surface area contributed by atoms with E-state index in [0.29, 0.717) is 18.3 Å². The largest absolute Gasteiger partial charge is 0.343 e. The molecule has 4 unspecified atom stereocenters. The summed E-state index contributed by atoms with van der Waals surface area (Å²) in [4.78, 5) is 26.4. The summed E-state index contributed by atoms with van der Waals surface area (Å²) in [6, 6.07) is -0.407. The zero-order valence-corrected chi connectivity index (χ0v) is 12.5. The first kappa shape index (κ1) is 14.4. The predicted octanol–water partition coefficient (Wildman–Crippen LogP) is 1.94. The Kier molecular flexibility index (Phi) is 4.16. The number of carbonyl (C=O) groups is 2. The summed E-state index contributed by atoms with van der Waals surface area (Å²) in [5.41, 5.74) is 0. The maximum atomic E-state index is 12.5. The summed E-state index contributed by atoms with van der Waals surface area (Å²) < 4.78 is 0. The lowest BCUT2D eigenvalue weighted by molar-refractivity contribution is -0.153. The second-order valence-electron chi connectivity index (χ2n) is 6.46. The summed E-state index contributed by atoms with van der Waals surface area (Å²) in [5, 5.41) is 2.83. The van der Waals surface area contributed by atoms with Crippen LogP contribution in [0.4, 0.5) is 0 Å². The van der Waals surface area contributed by atoms with E-state index in [1.54, 1.807) is 0 Å². The molecule has 0 bridgehead atoms. The van der Waals surface area contributed by atoms with E-state index in [4.69, 9.17) is 0 Å². The molecule has 1 aliphatic carbocycles. The first-order chi connectivity index (χ1) is 8.93. The molecule has 2 rings (SSSR count). The van der Waals surface area contributed by atoms with Crippen molar-refractivity contribution in [3.8, 4) is 0 Å². The summed E-state index contributed by atoms with van der Waals surface area (Å²) in [5.74, 6) is 1.39. The Labute approximate surface area is 115 Å². The average Bonchev–Trinajstić information content (AvgIpc) is 2.33. The molecule has 0 radical (unpaired) electrons. The predicted molar refractivity (Wildman–Crippen MR) is 74.5 cm³/mol. The smallest absolute Gasteiger partial charge is 0.246 e. The molecule has 4 heteroatoms. The molecule has 2 fully saturated rings. The van der Waals surface area contributed by atoms with Gasteiger partial charge in [-0.05, 0) is 44.4 Å². The molecule has 2 amide bonds. The molecule has 1 saturated carbocycles. The van der Waals surface area contributed by atoms with E-state index in [0.717, 1.165) is 12.8 Å². The minimum atomic E-state index is -0.323. The van der Waals surface area contributed by atoms with Crippen LogP contribution in [-0.4, -0.2) is 34.8 Å². The Balaban J connectivity index is 2.19. The zero-order valence-electron chi connectivity index (χ0n) is 12.5. The monoisotopic (exact) mass is 266 g/mol. The highest BCUT2D eigenvalue weighted by Crippen LogP contribution is 2.33. The molecule has 0 spiro atoms. The zero-order chi connectivity index (χ0) is 14.2. The molecule has 0 aromatic heterocycles. The van der Waals surface area contributed by atoms with E-state index in [1.165, 1.54) is 6.42 Å². The summed E-state index contributed by atoms with van der Waals surface area (Å²) in [6.07, 6.45) is 3.97. The lowest BCUT2D eigenvalue weighted by Crippen LogP contribution is -2.65. The van der Waals surface area contributed by atoms with Crippen molar-refractivity contribution >= 4 is 11.8 Å². The highest BCUT2D eigenvalue weighted by atomic mass is 16.2. The van der Waals surface area contributed by atoms with Crippen LogP contribution in [0.1, 0.15) is 53.4 Å². The van der Waals surface area contributed by atoms with Crippen molar-refractivity contribution in [1.29, 1.82) is 0 Å². The molecule has 1 N–H and O–H groups in total. The maximum Gasteiger partial charge on any atom is 0.246 e. The van der Waals surface area contributed by atoms with Crippen LogP contribution in [0.3, 0.4) is 0 Å². The van der Waals surface area contributed by atoms with Gasteiger partial charge in [0.15, 0.2) is 0 Å². The number of nitrogens with zero attached hydrogens (tertiary/aromatic N) is 1. The van der Waals surface area contributed by atoms with Gasteiger partial charge in [-0.25, -0.2) is 0 Å². The normalized spacial score (nSPS) is 40.2. The summed E-state index contributed by atoms with van der Waals surface area (Å²) in [6.45, 7) is 8.30. The van der Waals surface area contributed by atoms with Crippen molar-refractivity contribution in [3.05, 3.63) is 0 Å². The number of hydrogen-bond acceptors (Lipinski definition) is 2. The maximum absolute atomic E-state index is 12.5. The quantitative estimate of drug-likeness (QED) is 0.830. The van der Waals surface area contributed by atoms with E-state index < -0.39 is 0 Å². The Morgan fingerprint density at radius 3 is 2.21 bits per heavy atom. The van der Waals surface area contributed by atoms with Gasteiger partial charge in [0, 0.05) is 6.04 Å². The van der Waals surface area contributed by atoms with E-state index in [9.17, 15) is 9.59 Å². The second kappa shape index (κ2) is 5.51. The third-order valence-corrected chi connectivity index (χ3v) is 4.62. The number of hydrogen-bond donors (Lipinski definition) is 1. The van der Waals surface area contributed by atoms with Gasteiger partial charge in [0.1, 0.15) is 12.1 Å². The van der Waals surface area contributed by atoms with Crippen LogP contribution in [-0.2, 0) is 9.59 Å². The fourth-order valence-corrected chi connectivity index (χ4v) is 3.76. The van der Waals surface area contributed by atoms with Gasteiger partial charge in [-0.1, -0.05) is 20.8 Å². The Morgan fingerprint density at radius 1 is 1.11 bits per heavy atom. The van der Waals surface area contributed by atoms with Gasteiger partial charge >= 0.3 is 0 Å². The Morgan fingerprint density at radius 2 is 1.68 bits per heavy atom. The van der Waals surface area contributed by atoms with Crippen LogP contribution in [0.2, 0.25) is 0 Å². The van der Waals surface area contributed by atoms with Crippen LogP contribution in [0.15, 0.2) is 0 Å². The molecule has 2 aliphatic rings. The van der Waals surface area contributed by atoms with Crippen molar-refractivity contribution in [2.24, 2.45) is 11.8 Å². The number of piperazine rings is 1. The lowest BCUT2D eigenvalue weighted by Gasteiger charge is -2.45. The third kappa shape index (κ3) is 2.77. The van der Waals surface area contributed by atoms with Crippen molar-refractivity contribution in [1.82, 2.24) is 10.2 Å². The van der Waals surface area contributed by atoms with Gasteiger partial charge in [-0.2, -0.15) is 0 Å². The van der Waals surface area contributed by atoms with E-state index in [1.807, 2.05) is 18.7 Å². The molecule has 1 heterocycles. The molecule has 4 atom stereocenters. The Bertz CT molecular complexity index is 359. The molecule has 1 aliphatic heterocycles. The molecule has 1 saturated heterocycles. The van der Waals surface area contributed by atoms with Crippen LogP contribution in [0, 0.1) is 11.8 Å². The van der Waals surface area contributed by atoms with E-state index in [-0.39, 0.29) is 29.9 Å². The van der Waals surface area contributed by atoms with Gasteiger partial charge in [0.05, 0.1) is 0 Å². The number of carbonyl (C=O) groups excluding carboxylic acids is 2. The van der Waals surface area contributed by atoms with Gasteiger partial charge < -0.3 is 10.2 Å². The van der Waals surface area contributed by atoms with Crippen molar-refractivity contribution in [3.63, 3.8) is 0 Å². The van der Waals surface area contributed by atoms with E-state index >= 15 is 0 Å². The van der Waals surface area contributed by atoms with Gasteiger partial charge in [-0.15, -0.1) is 0 Å². The molecule has 0 aromatic carbocycles. The van der Waals surface area contributed by atoms with Gasteiger partial charge in [0.25, 0.3) is 0 Å². The molecule has 4 nitrogen and oxygen atoms in total. The molecular formula is C15H26N2O2. The highest BCUT2D eigenvalue weighted by Gasteiger charge is 2.42. The van der Waals surface area contributed by atoms with Crippen molar-refractivity contribution in [2.75, 3.05) is 0 Å². The number of nitrogens with one attached hydrogen (secondary N) is 1. The fourth-order valence-electron chi connectivity index (χ4n) is 3.76.